The number of aromatic carboxylic acids is 1. The third-order valence-electron chi connectivity index (χ3n) is 2.50. The zero-order valence-corrected chi connectivity index (χ0v) is 11.2. The molecule has 0 amide bonds. The molecule has 2 rings (SSSR count). The maximum Gasteiger partial charge on any atom is 0.338 e. The number of non-ortho nitro benzene ring substituents is 1. The van der Waals surface area contributed by atoms with E-state index in [9.17, 15) is 14.9 Å². The van der Waals surface area contributed by atoms with E-state index < -0.39 is 10.9 Å². The van der Waals surface area contributed by atoms with Gasteiger partial charge in [0, 0.05) is 23.2 Å². The molecule has 2 aromatic rings. The van der Waals surface area contributed by atoms with Crippen LogP contribution in [0.15, 0.2) is 46.5 Å². The van der Waals surface area contributed by atoms with Crippen LogP contribution in [0.3, 0.4) is 0 Å². The topological polar surface area (TPSA) is 117 Å². The largest absolute Gasteiger partial charge is 0.478 e. The Kier molecular flexibility index (Phi) is 4.15. The zero-order chi connectivity index (χ0) is 15.4. The van der Waals surface area contributed by atoms with Gasteiger partial charge in [0.25, 0.3) is 5.69 Å². The van der Waals surface area contributed by atoms with Crippen LogP contribution in [0.1, 0.15) is 15.9 Å². The van der Waals surface area contributed by atoms with Crippen LogP contribution in [0.4, 0.5) is 5.69 Å². The normalized spacial score (nSPS) is 9.86. The van der Waals surface area contributed by atoms with Crippen molar-refractivity contribution in [2.24, 2.45) is 0 Å². The smallest absolute Gasteiger partial charge is 0.338 e. The summed E-state index contributed by atoms with van der Waals surface area (Å²) in [6.07, 6.45) is 1.44. The van der Waals surface area contributed by atoms with E-state index in [2.05, 4.69) is 4.98 Å². The summed E-state index contributed by atoms with van der Waals surface area (Å²) in [5.41, 5.74) is -0.101. The van der Waals surface area contributed by atoms with Crippen LogP contribution in [-0.4, -0.2) is 21.0 Å². The Morgan fingerprint density at radius 3 is 2.81 bits per heavy atom. The van der Waals surface area contributed by atoms with E-state index in [1.165, 1.54) is 30.5 Å². The third kappa shape index (κ3) is 3.16. The predicted molar refractivity (Wildman–Crippen MR) is 73.1 cm³/mol. The molecule has 104 valence electrons. The van der Waals surface area contributed by atoms with Gasteiger partial charge in [-0.1, -0.05) is 11.8 Å². The van der Waals surface area contributed by atoms with Crippen LogP contribution in [0.25, 0.3) is 0 Å². The van der Waals surface area contributed by atoms with E-state index in [0.717, 1.165) is 17.8 Å². The van der Waals surface area contributed by atoms with E-state index in [-0.39, 0.29) is 21.8 Å². The number of hydrogen-bond acceptors (Lipinski definition) is 6. The SMILES string of the molecule is N#Cc1cc([N+](=O)[O-])ccc1Sc1ncccc1C(=O)O. The van der Waals surface area contributed by atoms with E-state index >= 15 is 0 Å². The number of nitro groups is 1. The van der Waals surface area contributed by atoms with Crippen molar-refractivity contribution in [3.05, 3.63) is 57.8 Å². The molecule has 1 N–H and O–H groups in total. The molecular weight excluding hydrogens is 294 g/mol. The number of rotatable bonds is 4. The monoisotopic (exact) mass is 301 g/mol. The van der Waals surface area contributed by atoms with Crippen LogP contribution in [0, 0.1) is 21.4 Å². The van der Waals surface area contributed by atoms with E-state index in [1.807, 2.05) is 6.07 Å². The number of pyridine rings is 1. The first-order valence-electron chi connectivity index (χ1n) is 5.57. The van der Waals surface area contributed by atoms with Crippen molar-refractivity contribution in [3.63, 3.8) is 0 Å². The zero-order valence-electron chi connectivity index (χ0n) is 10.4. The van der Waals surface area contributed by atoms with Crippen molar-refractivity contribution in [1.82, 2.24) is 4.98 Å². The molecule has 7 nitrogen and oxygen atoms in total. The van der Waals surface area contributed by atoms with Gasteiger partial charge in [0.2, 0.25) is 0 Å². The average molecular weight is 301 g/mol. The minimum Gasteiger partial charge on any atom is -0.478 e. The minimum absolute atomic E-state index is 0.00439. The number of nitro benzene ring substituents is 1. The molecule has 0 saturated carbocycles. The summed E-state index contributed by atoms with van der Waals surface area (Å²) in [6, 6.07) is 8.56. The summed E-state index contributed by atoms with van der Waals surface area (Å²) in [4.78, 5) is 25.6. The van der Waals surface area contributed by atoms with Crippen molar-refractivity contribution in [1.29, 1.82) is 5.26 Å². The lowest BCUT2D eigenvalue weighted by Gasteiger charge is -2.05. The summed E-state index contributed by atoms with van der Waals surface area (Å²) in [5.74, 6) is -1.13. The second-order valence-electron chi connectivity index (χ2n) is 3.81. The highest BCUT2D eigenvalue weighted by Gasteiger charge is 2.16. The van der Waals surface area contributed by atoms with Crippen molar-refractivity contribution >= 4 is 23.4 Å². The summed E-state index contributed by atoms with van der Waals surface area (Å²) in [6.45, 7) is 0. The van der Waals surface area contributed by atoms with Gasteiger partial charge in [0.15, 0.2) is 0 Å². The molecule has 0 aliphatic heterocycles. The van der Waals surface area contributed by atoms with Gasteiger partial charge in [0.1, 0.15) is 11.1 Å². The van der Waals surface area contributed by atoms with Gasteiger partial charge in [-0.25, -0.2) is 9.78 Å². The van der Waals surface area contributed by atoms with Crippen LogP contribution >= 0.6 is 11.8 Å². The van der Waals surface area contributed by atoms with Crippen molar-refractivity contribution in [2.75, 3.05) is 0 Å². The molecule has 0 atom stereocenters. The third-order valence-corrected chi connectivity index (χ3v) is 3.60. The molecule has 1 heterocycles. The van der Waals surface area contributed by atoms with E-state index in [1.54, 1.807) is 0 Å². The first-order chi connectivity index (χ1) is 10.0. The molecular formula is C13H7N3O4S. The lowest BCUT2D eigenvalue weighted by atomic mass is 10.2. The van der Waals surface area contributed by atoms with Crippen molar-refractivity contribution in [3.8, 4) is 6.07 Å². The first kappa shape index (κ1) is 14.5. The lowest BCUT2D eigenvalue weighted by Crippen LogP contribution is -2.00. The number of benzene rings is 1. The first-order valence-corrected chi connectivity index (χ1v) is 6.39. The van der Waals surface area contributed by atoms with Gasteiger partial charge in [-0.3, -0.25) is 10.1 Å². The fourth-order valence-corrected chi connectivity index (χ4v) is 2.48. The Hall–Kier alpha value is -2.92. The summed E-state index contributed by atoms with van der Waals surface area (Å²) in [7, 11) is 0. The molecule has 0 aliphatic carbocycles. The number of carboxylic acid groups (broad SMARTS) is 1. The maximum atomic E-state index is 11.1. The summed E-state index contributed by atoms with van der Waals surface area (Å²) < 4.78 is 0. The predicted octanol–water partition coefficient (Wildman–Crippen LogP) is 2.71. The summed E-state index contributed by atoms with van der Waals surface area (Å²) in [5, 5.41) is 29.0. The molecule has 21 heavy (non-hydrogen) atoms. The van der Waals surface area contributed by atoms with Crippen LogP contribution < -0.4 is 0 Å². The molecule has 0 saturated heterocycles. The van der Waals surface area contributed by atoms with E-state index in [0.29, 0.717) is 4.90 Å². The fourth-order valence-electron chi connectivity index (χ4n) is 1.55. The van der Waals surface area contributed by atoms with Gasteiger partial charge in [-0.15, -0.1) is 0 Å². The molecule has 0 bridgehead atoms. The second-order valence-corrected chi connectivity index (χ2v) is 4.84. The number of nitriles is 1. The molecule has 0 radical (unpaired) electrons. The fraction of sp³-hybridized carbons (Fsp3) is 0. The number of hydrogen-bond donors (Lipinski definition) is 1. The highest BCUT2D eigenvalue weighted by Crippen LogP contribution is 2.32. The second kappa shape index (κ2) is 6.02. The standard InChI is InChI=1S/C13H7N3O4S/c14-7-8-6-9(16(19)20)3-4-11(8)21-12-10(13(17)18)2-1-5-15-12/h1-6H,(H,17,18). The van der Waals surface area contributed by atoms with Gasteiger partial charge in [-0.2, -0.15) is 5.26 Å². The number of carbonyl (C=O) groups is 1. The van der Waals surface area contributed by atoms with Gasteiger partial charge >= 0.3 is 5.97 Å². The average Bonchev–Trinajstić information content (AvgIpc) is 2.47. The quantitative estimate of drug-likeness (QED) is 0.681. The Balaban J connectivity index is 2.43. The molecule has 0 spiro atoms. The molecule has 0 aliphatic rings. The Labute approximate surface area is 123 Å². The number of nitrogens with zero attached hydrogens (tertiary/aromatic N) is 3. The molecule has 0 unspecified atom stereocenters. The molecule has 1 aromatic carbocycles. The van der Waals surface area contributed by atoms with Crippen molar-refractivity contribution in [2.45, 2.75) is 9.92 Å². The molecule has 8 heteroatoms. The molecule has 1 aromatic heterocycles. The minimum atomic E-state index is -1.13. The number of carboxylic acids is 1. The maximum absolute atomic E-state index is 11.1. The summed E-state index contributed by atoms with van der Waals surface area (Å²) >= 11 is 0.977. The highest BCUT2D eigenvalue weighted by molar-refractivity contribution is 7.99. The molecule has 0 fully saturated rings. The number of aromatic nitrogens is 1. The Morgan fingerprint density at radius 2 is 2.19 bits per heavy atom. The van der Waals surface area contributed by atoms with Crippen LogP contribution in [0.5, 0.6) is 0 Å². The van der Waals surface area contributed by atoms with Gasteiger partial charge in [-0.05, 0) is 18.2 Å². The highest BCUT2D eigenvalue weighted by atomic mass is 32.2. The van der Waals surface area contributed by atoms with Crippen LogP contribution in [-0.2, 0) is 0 Å². The Morgan fingerprint density at radius 1 is 1.43 bits per heavy atom. The lowest BCUT2D eigenvalue weighted by molar-refractivity contribution is -0.384. The van der Waals surface area contributed by atoms with Crippen molar-refractivity contribution < 1.29 is 14.8 Å². The Bertz CT molecular complexity index is 770. The van der Waals surface area contributed by atoms with Gasteiger partial charge in [0.05, 0.1) is 16.1 Å². The van der Waals surface area contributed by atoms with Gasteiger partial charge < -0.3 is 5.11 Å². The van der Waals surface area contributed by atoms with Crippen LogP contribution in [0.2, 0.25) is 0 Å². The van der Waals surface area contributed by atoms with E-state index in [4.69, 9.17) is 10.4 Å².